The van der Waals surface area contributed by atoms with Crippen LogP contribution in [-0.2, 0) is 80.6 Å². The van der Waals surface area contributed by atoms with Crippen molar-refractivity contribution in [2.24, 2.45) is 35.0 Å². The van der Waals surface area contributed by atoms with Crippen LogP contribution < -0.4 is 10.6 Å². The molecule has 2 aliphatic heterocycles. The normalized spacial score (nSPS) is 26.8. The third-order valence-corrected chi connectivity index (χ3v) is 23.7. The number of aliphatic hydroxyl groups is 10. The minimum absolute atomic E-state index is 0.0226. The van der Waals surface area contributed by atoms with E-state index in [2.05, 4.69) is 10.6 Å². The smallest absolute Gasteiger partial charge is 0.325 e. The maximum absolute atomic E-state index is 14.2. The fourth-order valence-corrected chi connectivity index (χ4v) is 15.9. The van der Waals surface area contributed by atoms with Gasteiger partial charge in [-0.15, -0.1) is 0 Å². The summed E-state index contributed by atoms with van der Waals surface area (Å²) >= 11 is 0. The van der Waals surface area contributed by atoms with Crippen LogP contribution >= 0.6 is 7.60 Å². The van der Waals surface area contributed by atoms with Gasteiger partial charge in [-0.3, -0.25) is 42.9 Å². The molecular weight excluding hydrogens is 1520 g/mol. The number of nitrogens with one attached hydrogen (secondary N) is 2. The van der Waals surface area contributed by atoms with E-state index >= 15 is 0 Å². The Hall–Kier alpha value is -3.77. The Morgan fingerprint density at radius 3 is 1.26 bits per heavy atom. The number of hydrogen-bond acceptors (Lipinski definition) is 27. The predicted octanol–water partition coefficient (Wildman–Crippen LogP) is 5.76. The Labute approximate surface area is 682 Å². The summed E-state index contributed by atoms with van der Waals surface area (Å²) in [7, 11) is -3.74. The van der Waals surface area contributed by atoms with Gasteiger partial charge in [0.2, 0.25) is 17.7 Å². The molecular formula is C83H148N3O28P. The van der Waals surface area contributed by atoms with E-state index in [-0.39, 0.29) is 208 Å². The van der Waals surface area contributed by atoms with Gasteiger partial charge in [-0.2, -0.15) is 0 Å². The Morgan fingerprint density at radius 1 is 0.426 bits per heavy atom. The number of nitrogens with zero attached hydrogens (tertiary/aromatic N) is 1. The number of β-amino-alcohol motifs (C(OH)–C–C–N with tert-alkyl or cyclic N) is 1. The molecule has 2 heterocycles. The van der Waals surface area contributed by atoms with Crippen molar-refractivity contribution in [3.8, 4) is 0 Å². The highest BCUT2D eigenvalue weighted by Crippen LogP contribution is 2.39. The number of unbranched alkanes of at least 4 members (excludes halogenated alkanes) is 14. The Morgan fingerprint density at radius 2 is 0.809 bits per heavy atom. The fourth-order valence-electron chi connectivity index (χ4n) is 15.5. The van der Waals surface area contributed by atoms with Crippen molar-refractivity contribution >= 4 is 54.2 Å². The summed E-state index contributed by atoms with van der Waals surface area (Å²) in [5, 5.41) is 106. The molecule has 0 aromatic heterocycles. The zero-order chi connectivity index (χ0) is 84.6. The molecule has 668 valence electrons. The van der Waals surface area contributed by atoms with E-state index in [1.165, 1.54) is 0 Å². The molecule has 0 radical (unpaired) electrons. The lowest BCUT2D eigenvalue weighted by atomic mass is 9.77. The van der Waals surface area contributed by atoms with Gasteiger partial charge in [0, 0.05) is 178 Å². The summed E-state index contributed by atoms with van der Waals surface area (Å²) in [4.78, 5) is 116. The first-order valence-electron chi connectivity index (χ1n) is 43.2. The van der Waals surface area contributed by atoms with Gasteiger partial charge < -0.3 is 109 Å². The second-order valence-electron chi connectivity index (χ2n) is 33.1. The maximum Gasteiger partial charge on any atom is 0.325 e. The van der Waals surface area contributed by atoms with Crippen LogP contribution in [0.3, 0.4) is 0 Å². The number of carbonyl (C=O) groups excluding carboxylic acids is 8. The summed E-state index contributed by atoms with van der Waals surface area (Å²) in [6, 6.07) is -0.465. The topological polar surface area (TPSA) is 477 Å². The third kappa shape index (κ3) is 42.5. The number of hydrogen-bond donors (Lipinski definition) is 13. The lowest BCUT2D eigenvalue weighted by molar-refractivity contribution is -0.282. The van der Waals surface area contributed by atoms with E-state index in [1.54, 1.807) is 18.7 Å². The van der Waals surface area contributed by atoms with E-state index in [0.717, 1.165) is 45.2 Å². The van der Waals surface area contributed by atoms with Crippen LogP contribution in [-0.4, -0.2) is 293 Å². The van der Waals surface area contributed by atoms with E-state index in [4.69, 9.17) is 37.7 Å². The van der Waals surface area contributed by atoms with Crippen LogP contribution in [0.2, 0.25) is 0 Å². The van der Waals surface area contributed by atoms with Crippen LogP contribution in [0.5, 0.6) is 0 Å². The zero-order valence-corrected chi connectivity index (χ0v) is 70.4. The molecule has 2 saturated carbocycles. The Bertz CT molecular complexity index is 2570. The van der Waals surface area contributed by atoms with Gasteiger partial charge in [-0.05, 0) is 103 Å². The number of ether oxygens (including phenoxy) is 7. The molecule has 31 nitrogen and oxygen atoms in total. The molecule has 2 saturated heterocycles. The number of amides is 3. The van der Waals surface area contributed by atoms with Crippen LogP contribution in [0, 0.1) is 35.0 Å². The summed E-state index contributed by atoms with van der Waals surface area (Å²) < 4.78 is 58.9. The number of carbonyl (C=O) groups is 8. The SMILES string of the molecule is CC1C(OCCCCC(=O)CCCCCC(=O)CCOCC(COCCC(=O)CCCCCC(=O)CCCCOC2OC(CO)C(O)C(O)C2C)(COCCC(=O)NCCCNC(=O)CCCCOC2CC(CO)C(O)C(O)C2C)CC(=O)CCCCCCCCCCC(=O)N2C[C@H](O)C[C@H]2COP(C)(=O)O)CC(CO)C(O)C1O. The molecule has 115 heavy (non-hydrogen) atoms. The summed E-state index contributed by atoms with van der Waals surface area (Å²) in [5.74, 6) is -2.52. The van der Waals surface area contributed by atoms with Gasteiger partial charge in [0.15, 0.2) is 6.29 Å². The quantitative estimate of drug-likeness (QED) is 0.0254. The fraction of sp³-hybridized carbons (Fsp3) is 0.904. The highest BCUT2D eigenvalue weighted by Gasteiger charge is 2.45. The van der Waals surface area contributed by atoms with Crippen LogP contribution in [0.15, 0.2) is 0 Å². The summed E-state index contributed by atoms with van der Waals surface area (Å²) in [6.07, 6.45) is 9.08. The molecule has 13 N–H and O–H groups in total. The Kier molecular flexibility index (Phi) is 53.2. The maximum atomic E-state index is 14.2. The number of rotatable bonds is 68. The molecule has 0 aromatic rings. The molecule has 0 bridgehead atoms. The van der Waals surface area contributed by atoms with Crippen molar-refractivity contribution in [3.05, 3.63) is 0 Å². The van der Waals surface area contributed by atoms with Gasteiger partial charge in [0.05, 0.1) is 108 Å². The molecule has 0 spiro atoms. The van der Waals surface area contributed by atoms with Gasteiger partial charge in [0.1, 0.15) is 41.1 Å². The van der Waals surface area contributed by atoms with Gasteiger partial charge in [0.25, 0.3) is 0 Å². The van der Waals surface area contributed by atoms with Crippen molar-refractivity contribution in [3.63, 3.8) is 0 Å². The molecule has 4 aliphatic rings. The van der Waals surface area contributed by atoms with Crippen molar-refractivity contribution < 1.29 is 137 Å². The number of ketones is 5. The molecule has 3 amide bonds. The second kappa shape index (κ2) is 59.1. The van der Waals surface area contributed by atoms with Crippen LogP contribution in [0.25, 0.3) is 0 Å². The lowest BCUT2D eigenvalue weighted by Crippen LogP contribution is -2.55. The second-order valence-corrected chi connectivity index (χ2v) is 35.0. The van der Waals surface area contributed by atoms with Crippen molar-refractivity contribution in [2.75, 3.05) is 112 Å². The Balaban J connectivity index is 1.28. The highest BCUT2D eigenvalue weighted by molar-refractivity contribution is 7.51. The van der Waals surface area contributed by atoms with Crippen molar-refractivity contribution in [1.29, 1.82) is 0 Å². The number of aliphatic hydroxyl groups excluding tert-OH is 10. The van der Waals surface area contributed by atoms with E-state index < -0.39 is 98.5 Å². The standard InChI is InChI=1S/C83H148N3O28P/c1-58-70(46-61(51-87)79(102)76(58)99)110-40-22-19-30-64(90)26-14-11-16-28-66(92)35-43-107-55-83(49-68(94)32-13-9-7-5-6-8-10-18-34-75(98)86-50-69(95)48-63(86)54-113-115(4,105)106,56-108-44-36-67(93)29-17-12-15-27-65(91)31-20-23-42-112-82-60(3)78(101)81(104)72(53-89)114-82)57-109-45-37-74(97)85-39-25-38-84-73(96)33-21-24-41-111-71-47-62(52-88)80(103)77(100)59(71)2/h58-63,69-72,76-82,87-89,95,99-104H,5-57H2,1-4H3,(H,84,96)(H,85,97)(H,105,106)/t58?,59?,60?,61?,62?,63-,69+,70?,71?,72?,76?,77?,78?,79?,80?,81?,82?,83?/m0/s1. The lowest BCUT2D eigenvalue weighted by Gasteiger charge is -2.40. The van der Waals surface area contributed by atoms with Crippen molar-refractivity contribution in [2.45, 2.75) is 332 Å². The third-order valence-electron chi connectivity index (χ3n) is 23.0. The highest BCUT2D eigenvalue weighted by atomic mass is 31.2. The van der Waals surface area contributed by atoms with Gasteiger partial charge in [-0.1, -0.05) is 72.1 Å². The van der Waals surface area contributed by atoms with E-state index in [1.807, 2.05) is 6.92 Å². The monoisotopic (exact) mass is 1670 g/mol. The first-order chi connectivity index (χ1) is 55.0. The number of likely N-dealkylation sites (tertiary alicyclic amines) is 1. The first kappa shape index (κ1) is 104. The number of Topliss-reactive ketones (excluding diaryl/α,β-unsaturated/α-hetero) is 5. The van der Waals surface area contributed by atoms with Gasteiger partial charge in [-0.25, -0.2) is 0 Å². The largest absolute Gasteiger partial charge is 0.396 e. The molecule has 4 fully saturated rings. The predicted molar refractivity (Wildman–Crippen MR) is 426 cm³/mol. The van der Waals surface area contributed by atoms with Crippen molar-refractivity contribution in [1.82, 2.24) is 15.5 Å². The minimum atomic E-state index is -3.74. The van der Waals surface area contributed by atoms with E-state index in [0.29, 0.717) is 161 Å². The molecule has 17 unspecified atom stereocenters. The summed E-state index contributed by atoms with van der Waals surface area (Å²) in [5.41, 5.74) is -1.09. The van der Waals surface area contributed by atoms with Crippen LogP contribution in [0.4, 0.5) is 0 Å². The molecule has 4 rings (SSSR count). The summed E-state index contributed by atoms with van der Waals surface area (Å²) in [6.45, 7) is 6.98. The molecule has 0 aromatic carbocycles. The van der Waals surface area contributed by atoms with E-state index in [9.17, 15) is 98.9 Å². The molecule has 2 aliphatic carbocycles. The first-order valence-corrected chi connectivity index (χ1v) is 45.2. The molecule has 19 atom stereocenters. The average molecular weight is 1670 g/mol. The zero-order valence-electron chi connectivity index (χ0n) is 69.5. The molecule has 32 heteroatoms. The van der Waals surface area contributed by atoms with Gasteiger partial charge >= 0.3 is 7.60 Å². The van der Waals surface area contributed by atoms with Crippen LogP contribution in [0.1, 0.15) is 258 Å². The average Bonchev–Trinajstić information content (AvgIpc) is 1.85. The minimum Gasteiger partial charge on any atom is -0.396 e.